The Hall–Kier alpha value is -3.88. The lowest BCUT2D eigenvalue weighted by Gasteiger charge is -2.25. The minimum Gasteiger partial charge on any atom is -0.280 e. The van der Waals surface area contributed by atoms with Gasteiger partial charge in [-0.25, -0.2) is 4.98 Å². The van der Waals surface area contributed by atoms with Gasteiger partial charge >= 0.3 is 0 Å². The van der Waals surface area contributed by atoms with Gasteiger partial charge in [-0.05, 0) is 48.2 Å². The van der Waals surface area contributed by atoms with Crippen LogP contribution in [0.4, 0.5) is 11.4 Å². The first kappa shape index (κ1) is 21.0. The van der Waals surface area contributed by atoms with Crippen molar-refractivity contribution in [2.45, 2.75) is 17.9 Å². The number of hydrogen-bond acceptors (Lipinski definition) is 4. The number of thioether (sulfide) groups is 1. The van der Waals surface area contributed by atoms with Gasteiger partial charge in [-0.2, -0.15) is 5.26 Å². The van der Waals surface area contributed by atoms with Crippen molar-refractivity contribution in [3.8, 4) is 17.3 Å². The van der Waals surface area contributed by atoms with Gasteiger partial charge in [0, 0.05) is 5.56 Å². The number of carbonyl (C=O) groups excluding carboxylic acids is 1. The Morgan fingerprint density at radius 3 is 2.09 bits per heavy atom. The molecule has 1 aromatic heterocycles. The highest BCUT2D eigenvalue weighted by atomic mass is 32.2. The standard InChI is InChI=1S/C28H21N3OS/c29-18-23-16-17-24(20-8-2-1-3-9-20)30-28(23)33-19-27(32)31-25-12-6-4-10-21(25)14-15-22-11-5-7-13-26(22)31/h1-13,16-17H,14-15,19H2. The molecule has 3 aromatic carbocycles. The first-order chi connectivity index (χ1) is 16.2. The Morgan fingerprint density at radius 1 is 0.848 bits per heavy atom. The molecular formula is C28H21N3OS. The molecule has 5 rings (SSSR count). The second-order valence-electron chi connectivity index (χ2n) is 7.80. The Balaban J connectivity index is 1.46. The van der Waals surface area contributed by atoms with Crippen molar-refractivity contribution in [1.29, 1.82) is 5.26 Å². The summed E-state index contributed by atoms with van der Waals surface area (Å²) in [6.07, 6.45) is 1.78. The predicted molar refractivity (Wildman–Crippen MR) is 133 cm³/mol. The van der Waals surface area contributed by atoms with Crippen LogP contribution in [0.25, 0.3) is 11.3 Å². The van der Waals surface area contributed by atoms with E-state index in [1.54, 1.807) is 6.07 Å². The lowest BCUT2D eigenvalue weighted by atomic mass is 10.0. The second kappa shape index (κ2) is 9.32. The highest BCUT2D eigenvalue weighted by Gasteiger charge is 2.26. The number of benzene rings is 3. The fourth-order valence-corrected chi connectivity index (χ4v) is 4.97. The quantitative estimate of drug-likeness (QED) is 0.351. The number of nitrogens with zero attached hydrogens (tertiary/aromatic N) is 3. The zero-order valence-corrected chi connectivity index (χ0v) is 18.8. The zero-order valence-electron chi connectivity index (χ0n) is 17.9. The average molecular weight is 448 g/mol. The smallest absolute Gasteiger partial charge is 0.241 e. The summed E-state index contributed by atoms with van der Waals surface area (Å²) in [7, 11) is 0. The molecule has 0 radical (unpaired) electrons. The monoisotopic (exact) mass is 447 g/mol. The number of nitriles is 1. The molecular weight excluding hydrogens is 426 g/mol. The Morgan fingerprint density at radius 2 is 1.45 bits per heavy atom. The molecule has 0 atom stereocenters. The normalized spacial score (nSPS) is 12.3. The maximum Gasteiger partial charge on any atom is 0.241 e. The van der Waals surface area contributed by atoms with Gasteiger partial charge in [-0.15, -0.1) is 0 Å². The molecule has 1 aliphatic heterocycles. The topological polar surface area (TPSA) is 57.0 Å². The van der Waals surface area contributed by atoms with E-state index in [1.807, 2.05) is 77.7 Å². The van der Waals surface area contributed by atoms with Crippen molar-refractivity contribution in [1.82, 2.24) is 4.98 Å². The summed E-state index contributed by atoms with van der Waals surface area (Å²) < 4.78 is 0. The number of amides is 1. The zero-order chi connectivity index (χ0) is 22.6. The van der Waals surface area contributed by atoms with Crippen LogP contribution in [0, 0.1) is 11.3 Å². The van der Waals surface area contributed by atoms with Gasteiger partial charge in [0.2, 0.25) is 5.91 Å². The maximum absolute atomic E-state index is 13.6. The summed E-state index contributed by atoms with van der Waals surface area (Å²) in [5.41, 5.74) is 6.42. The summed E-state index contributed by atoms with van der Waals surface area (Å²) >= 11 is 1.31. The third-order valence-corrected chi connectivity index (χ3v) is 6.74. The van der Waals surface area contributed by atoms with Crippen LogP contribution in [-0.4, -0.2) is 16.6 Å². The third-order valence-electron chi connectivity index (χ3n) is 5.76. The van der Waals surface area contributed by atoms with Crippen molar-refractivity contribution in [3.63, 3.8) is 0 Å². The largest absolute Gasteiger partial charge is 0.280 e. The molecule has 0 unspecified atom stereocenters. The van der Waals surface area contributed by atoms with Crippen LogP contribution >= 0.6 is 11.8 Å². The predicted octanol–water partition coefficient (Wildman–Crippen LogP) is 6.18. The average Bonchev–Trinajstić information content (AvgIpc) is 3.04. The van der Waals surface area contributed by atoms with Crippen LogP contribution in [0.3, 0.4) is 0 Å². The van der Waals surface area contributed by atoms with E-state index in [9.17, 15) is 10.1 Å². The fraction of sp³-hybridized carbons (Fsp3) is 0.107. The molecule has 0 saturated heterocycles. The Bertz CT molecular complexity index is 1310. The summed E-state index contributed by atoms with van der Waals surface area (Å²) in [5.74, 6) is 0.153. The van der Waals surface area contributed by atoms with E-state index in [-0.39, 0.29) is 11.7 Å². The molecule has 0 saturated carbocycles. The van der Waals surface area contributed by atoms with E-state index in [4.69, 9.17) is 4.98 Å². The van der Waals surface area contributed by atoms with Crippen LogP contribution < -0.4 is 4.90 Å². The third kappa shape index (κ3) is 4.26. The van der Waals surface area contributed by atoms with Crippen LogP contribution in [0.15, 0.2) is 96.0 Å². The molecule has 160 valence electrons. The van der Waals surface area contributed by atoms with Crippen molar-refractivity contribution in [3.05, 3.63) is 108 Å². The summed E-state index contributed by atoms with van der Waals surface area (Å²) in [6, 6.07) is 31.9. The van der Waals surface area contributed by atoms with Crippen LogP contribution in [-0.2, 0) is 17.6 Å². The van der Waals surface area contributed by atoms with E-state index in [0.717, 1.165) is 46.6 Å². The van der Waals surface area contributed by atoms with E-state index in [1.165, 1.54) is 11.8 Å². The fourth-order valence-electron chi connectivity index (χ4n) is 4.15. The number of aryl methyl sites for hydroxylation is 2. The molecule has 33 heavy (non-hydrogen) atoms. The van der Waals surface area contributed by atoms with E-state index in [0.29, 0.717) is 10.6 Å². The van der Waals surface area contributed by atoms with Gasteiger partial charge in [0.1, 0.15) is 11.1 Å². The summed E-state index contributed by atoms with van der Waals surface area (Å²) in [4.78, 5) is 20.1. The maximum atomic E-state index is 13.6. The van der Waals surface area contributed by atoms with Crippen molar-refractivity contribution in [2.24, 2.45) is 0 Å². The molecule has 0 aliphatic carbocycles. The number of pyridine rings is 1. The number of anilines is 2. The number of rotatable bonds is 4. The molecule has 2 heterocycles. The van der Waals surface area contributed by atoms with Gasteiger partial charge in [0.05, 0.1) is 28.4 Å². The van der Waals surface area contributed by atoms with Crippen LogP contribution in [0.2, 0.25) is 0 Å². The molecule has 1 aliphatic rings. The molecule has 0 N–H and O–H groups in total. The Labute approximate surface area is 197 Å². The minimum atomic E-state index is -0.0300. The van der Waals surface area contributed by atoms with E-state index in [2.05, 4.69) is 18.2 Å². The number of fused-ring (bicyclic) bond motifs is 2. The lowest BCUT2D eigenvalue weighted by molar-refractivity contribution is -0.115. The molecule has 5 heteroatoms. The number of carbonyl (C=O) groups is 1. The number of para-hydroxylation sites is 2. The molecule has 4 aromatic rings. The minimum absolute atomic E-state index is 0.0300. The SMILES string of the molecule is N#Cc1ccc(-c2ccccc2)nc1SCC(=O)N1c2ccccc2CCc2ccccc21. The number of aromatic nitrogens is 1. The van der Waals surface area contributed by atoms with Gasteiger partial charge in [0.15, 0.2) is 0 Å². The second-order valence-corrected chi connectivity index (χ2v) is 8.77. The molecule has 0 bridgehead atoms. The van der Waals surface area contributed by atoms with Gasteiger partial charge in [0.25, 0.3) is 0 Å². The molecule has 0 spiro atoms. The first-order valence-electron chi connectivity index (χ1n) is 10.8. The number of hydrogen-bond donors (Lipinski definition) is 0. The van der Waals surface area contributed by atoms with Crippen molar-refractivity contribution in [2.75, 3.05) is 10.7 Å². The van der Waals surface area contributed by atoms with Gasteiger partial charge in [-0.1, -0.05) is 78.5 Å². The van der Waals surface area contributed by atoms with Gasteiger partial charge in [-0.3, -0.25) is 9.69 Å². The van der Waals surface area contributed by atoms with E-state index < -0.39 is 0 Å². The highest BCUT2D eigenvalue weighted by molar-refractivity contribution is 8.00. The van der Waals surface area contributed by atoms with Crippen molar-refractivity contribution >= 4 is 29.0 Å². The summed E-state index contributed by atoms with van der Waals surface area (Å²) in [5, 5.41) is 10.2. The Kier molecular flexibility index (Phi) is 5.93. The lowest BCUT2D eigenvalue weighted by Crippen LogP contribution is -2.28. The summed E-state index contributed by atoms with van der Waals surface area (Å²) in [6.45, 7) is 0. The van der Waals surface area contributed by atoms with E-state index >= 15 is 0 Å². The van der Waals surface area contributed by atoms with Crippen molar-refractivity contribution < 1.29 is 4.79 Å². The van der Waals surface area contributed by atoms with Crippen LogP contribution in [0.1, 0.15) is 16.7 Å². The van der Waals surface area contributed by atoms with Crippen LogP contribution in [0.5, 0.6) is 0 Å². The molecule has 0 fully saturated rings. The molecule has 1 amide bonds. The molecule has 4 nitrogen and oxygen atoms in total. The highest BCUT2D eigenvalue weighted by Crippen LogP contribution is 2.37. The van der Waals surface area contributed by atoms with Gasteiger partial charge < -0.3 is 0 Å². The first-order valence-corrected chi connectivity index (χ1v) is 11.8.